The van der Waals surface area contributed by atoms with Gasteiger partial charge in [0.2, 0.25) is 0 Å². The van der Waals surface area contributed by atoms with E-state index in [9.17, 15) is 15.0 Å². The zero-order valence-corrected chi connectivity index (χ0v) is 12.9. The minimum atomic E-state index is -0.854. The highest BCUT2D eigenvalue weighted by atomic mass is 16.5. The molecule has 0 aliphatic heterocycles. The number of carbonyl (C=O) groups excluding carboxylic acids is 1. The van der Waals surface area contributed by atoms with Gasteiger partial charge in [-0.3, -0.25) is 9.20 Å². The summed E-state index contributed by atoms with van der Waals surface area (Å²) in [5, 5.41) is 21.4. The predicted octanol–water partition coefficient (Wildman–Crippen LogP) is 0.513. The van der Waals surface area contributed by atoms with Crippen LogP contribution in [0.4, 0.5) is 0 Å². The Labute approximate surface area is 128 Å². The fourth-order valence-electron chi connectivity index (χ4n) is 2.25. The highest BCUT2D eigenvalue weighted by molar-refractivity contribution is 5.95. The maximum Gasteiger partial charge on any atom is 0.270 e. The van der Waals surface area contributed by atoms with Gasteiger partial charge in [0, 0.05) is 6.20 Å². The molecule has 0 fully saturated rings. The van der Waals surface area contributed by atoms with Gasteiger partial charge in [0.05, 0.1) is 31.1 Å². The molecule has 1 amide bonds. The molecule has 0 saturated heterocycles. The monoisotopic (exact) mass is 307 g/mol. The summed E-state index contributed by atoms with van der Waals surface area (Å²) in [4.78, 5) is 16.8. The van der Waals surface area contributed by atoms with E-state index in [1.165, 1.54) is 6.92 Å². The van der Waals surface area contributed by atoms with Gasteiger partial charge in [0.1, 0.15) is 5.69 Å². The van der Waals surface area contributed by atoms with Crippen LogP contribution in [-0.4, -0.2) is 50.9 Å². The summed E-state index contributed by atoms with van der Waals surface area (Å²) in [6.45, 7) is 5.27. The SMILES string of the molecule is CCOc1cccn2c(C(=O)N[C@@H](CO)[C@@H](C)O)c(C)nc12. The number of pyridine rings is 1. The summed E-state index contributed by atoms with van der Waals surface area (Å²) in [6, 6.07) is 2.83. The van der Waals surface area contributed by atoms with Crippen LogP contribution in [0.2, 0.25) is 0 Å². The van der Waals surface area contributed by atoms with E-state index in [0.29, 0.717) is 29.4 Å². The number of ether oxygens (including phenoxy) is 1. The first-order valence-corrected chi connectivity index (χ1v) is 7.19. The average Bonchev–Trinajstić information content (AvgIpc) is 2.81. The number of nitrogens with one attached hydrogen (secondary N) is 1. The van der Waals surface area contributed by atoms with Gasteiger partial charge in [-0.1, -0.05) is 0 Å². The lowest BCUT2D eigenvalue weighted by atomic mass is 10.2. The van der Waals surface area contributed by atoms with Crippen LogP contribution in [0.3, 0.4) is 0 Å². The third-order valence-electron chi connectivity index (χ3n) is 3.40. The molecule has 2 aromatic heterocycles. The number of aromatic nitrogens is 2. The van der Waals surface area contributed by atoms with Crippen LogP contribution < -0.4 is 10.1 Å². The van der Waals surface area contributed by atoms with Gasteiger partial charge in [-0.05, 0) is 32.9 Å². The van der Waals surface area contributed by atoms with Gasteiger partial charge < -0.3 is 20.3 Å². The molecule has 22 heavy (non-hydrogen) atoms. The van der Waals surface area contributed by atoms with Crippen molar-refractivity contribution in [3.8, 4) is 5.75 Å². The Morgan fingerprint density at radius 2 is 2.27 bits per heavy atom. The van der Waals surface area contributed by atoms with Gasteiger partial charge in [-0.25, -0.2) is 4.98 Å². The van der Waals surface area contributed by atoms with E-state index in [4.69, 9.17) is 4.74 Å². The first-order valence-electron chi connectivity index (χ1n) is 7.19. The summed E-state index contributed by atoms with van der Waals surface area (Å²) in [5.74, 6) is 0.194. The molecule has 0 aromatic carbocycles. The normalized spacial score (nSPS) is 13.9. The minimum absolute atomic E-state index is 0.344. The standard InChI is InChI=1S/C15H21N3O4/c1-4-22-12-6-5-7-18-13(9(2)16-14(12)18)15(21)17-11(8-19)10(3)20/h5-7,10-11,19-20H,4,8H2,1-3H3,(H,17,21)/t10-,11+/m1/s1. The van der Waals surface area contributed by atoms with E-state index >= 15 is 0 Å². The number of nitrogens with zero attached hydrogens (tertiary/aromatic N) is 2. The Morgan fingerprint density at radius 3 is 2.86 bits per heavy atom. The number of hydrogen-bond donors (Lipinski definition) is 3. The average molecular weight is 307 g/mol. The molecule has 0 spiro atoms. The van der Waals surface area contributed by atoms with Crippen LogP contribution in [-0.2, 0) is 0 Å². The number of amides is 1. The molecular formula is C15H21N3O4. The van der Waals surface area contributed by atoms with Crippen molar-refractivity contribution in [2.75, 3.05) is 13.2 Å². The summed E-state index contributed by atoms with van der Waals surface area (Å²) in [7, 11) is 0. The Morgan fingerprint density at radius 1 is 1.55 bits per heavy atom. The fraction of sp³-hybridized carbons (Fsp3) is 0.467. The van der Waals surface area contributed by atoms with E-state index in [1.54, 1.807) is 29.7 Å². The molecule has 2 rings (SSSR count). The quantitative estimate of drug-likeness (QED) is 0.723. The van der Waals surface area contributed by atoms with Crippen LogP contribution in [0.5, 0.6) is 5.75 Å². The molecule has 0 saturated carbocycles. The summed E-state index contributed by atoms with van der Waals surface area (Å²) < 4.78 is 7.16. The first kappa shape index (κ1) is 16.3. The molecule has 0 aliphatic carbocycles. The molecule has 0 radical (unpaired) electrons. The maximum absolute atomic E-state index is 12.4. The second kappa shape index (κ2) is 6.76. The van der Waals surface area contributed by atoms with Gasteiger partial charge in [-0.2, -0.15) is 0 Å². The van der Waals surface area contributed by atoms with Crippen molar-refractivity contribution in [3.63, 3.8) is 0 Å². The lowest BCUT2D eigenvalue weighted by Gasteiger charge is -2.19. The van der Waals surface area contributed by atoms with Crippen LogP contribution in [0.1, 0.15) is 30.0 Å². The number of imidazole rings is 1. The lowest BCUT2D eigenvalue weighted by Crippen LogP contribution is -2.45. The van der Waals surface area contributed by atoms with E-state index in [-0.39, 0.29) is 6.61 Å². The van der Waals surface area contributed by atoms with Gasteiger partial charge >= 0.3 is 0 Å². The first-order chi connectivity index (χ1) is 10.5. The van der Waals surface area contributed by atoms with Crippen molar-refractivity contribution in [1.82, 2.24) is 14.7 Å². The van der Waals surface area contributed by atoms with Crippen molar-refractivity contribution in [2.45, 2.75) is 32.9 Å². The van der Waals surface area contributed by atoms with Gasteiger partial charge in [0.15, 0.2) is 11.4 Å². The molecule has 2 aromatic rings. The number of carbonyl (C=O) groups is 1. The topological polar surface area (TPSA) is 96.1 Å². The van der Waals surface area contributed by atoms with E-state index in [1.807, 2.05) is 6.92 Å². The predicted molar refractivity (Wildman–Crippen MR) is 81.1 cm³/mol. The highest BCUT2D eigenvalue weighted by Gasteiger charge is 2.23. The van der Waals surface area contributed by atoms with E-state index < -0.39 is 18.1 Å². The van der Waals surface area contributed by atoms with Crippen LogP contribution in [0.25, 0.3) is 5.65 Å². The van der Waals surface area contributed by atoms with Crippen molar-refractivity contribution < 1.29 is 19.7 Å². The Bertz CT molecular complexity index is 666. The van der Waals surface area contributed by atoms with Crippen molar-refractivity contribution in [2.24, 2.45) is 0 Å². The molecular weight excluding hydrogens is 286 g/mol. The van der Waals surface area contributed by atoms with Crippen molar-refractivity contribution >= 4 is 11.6 Å². The molecule has 2 heterocycles. The number of aliphatic hydroxyl groups excluding tert-OH is 2. The van der Waals surface area contributed by atoms with Crippen molar-refractivity contribution in [3.05, 3.63) is 29.7 Å². The summed E-state index contributed by atoms with van der Waals surface area (Å²) in [6.07, 6.45) is 0.871. The maximum atomic E-state index is 12.4. The highest BCUT2D eigenvalue weighted by Crippen LogP contribution is 2.22. The van der Waals surface area contributed by atoms with Crippen LogP contribution in [0.15, 0.2) is 18.3 Å². The molecule has 7 heteroatoms. The second-order valence-corrected chi connectivity index (χ2v) is 5.05. The zero-order valence-electron chi connectivity index (χ0n) is 12.9. The minimum Gasteiger partial charge on any atom is -0.490 e. The molecule has 0 bridgehead atoms. The third-order valence-corrected chi connectivity index (χ3v) is 3.40. The van der Waals surface area contributed by atoms with E-state index in [2.05, 4.69) is 10.3 Å². The third kappa shape index (κ3) is 3.05. The fourth-order valence-corrected chi connectivity index (χ4v) is 2.25. The molecule has 120 valence electrons. The molecule has 0 aliphatic rings. The van der Waals surface area contributed by atoms with Gasteiger partial charge in [0.25, 0.3) is 5.91 Å². The van der Waals surface area contributed by atoms with Crippen LogP contribution >= 0.6 is 0 Å². The second-order valence-electron chi connectivity index (χ2n) is 5.05. The van der Waals surface area contributed by atoms with Gasteiger partial charge in [-0.15, -0.1) is 0 Å². The zero-order chi connectivity index (χ0) is 16.3. The summed E-state index contributed by atoms with van der Waals surface area (Å²) >= 11 is 0. The molecule has 7 nitrogen and oxygen atoms in total. The molecule has 2 atom stereocenters. The molecule has 0 unspecified atom stereocenters. The van der Waals surface area contributed by atoms with Crippen LogP contribution in [0, 0.1) is 6.92 Å². The number of fused-ring (bicyclic) bond motifs is 1. The Hall–Kier alpha value is -2.12. The number of rotatable bonds is 6. The molecule has 3 N–H and O–H groups in total. The Balaban J connectivity index is 2.41. The van der Waals surface area contributed by atoms with Crippen molar-refractivity contribution in [1.29, 1.82) is 0 Å². The smallest absolute Gasteiger partial charge is 0.270 e. The number of aryl methyl sites for hydroxylation is 1. The van der Waals surface area contributed by atoms with E-state index in [0.717, 1.165) is 0 Å². The lowest BCUT2D eigenvalue weighted by molar-refractivity contribution is 0.0752. The summed E-state index contributed by atoms with van der Waals surface area (Å²) in [5.41, 5.74) is 1.46. The number of hydrogen-bond acceptors (Lipinski definition) is 5. The number of aliphatic hydroxyl groups is 2. The Kier molecular flexibility index (Phi) is 4.99. The largest absolute Gasteiger partial charge is 0.490 e.